The van der Waals surface area contributed by atoms with Crippen LogP contribution in [0.2, 0.25) is 0 Å². The fourth-order valence-corrected chi connectivity index (χ4v) is 2.63. The van der Waals surface area contributed by atoms with Crippen LogP contribution in [0.5, 0.6) is 0 Å². The molecule has 1 unspecified atom stereocenters. The lowest BCUT2D eigenvalue weighted by Crippen LogP contribution is -2.41. The maximum absolute atomic E-state index is 10.2. The average molecular weight is 310 g/mol. The number of rotatable bonds is 2. The number of terminal acetylenes is 1. The van der Waals surface area contributed by atoms with Gasteiger partial charge in [0.1, 0.15) is 17.7 Å². The van der Waals surface area contributed by atoms with Crippen molar-refractivity contribution in [1.29, 1.82) is 0 Å². The normalized spacial score (nSPS) is 32.4. The Bertz CT molecular complexity index is 729. The first-order valence-electron chi connectivity index (χ1n) is 6.07. The van der Waals surface area contributed by atoms with Crippen LogP contribution in [0.1, 0.15) is 6.23 Å². The van der Waals surface area contributed by atoms with Crippen LogP contribution in [-0.2, 0) is 4.74 Å². The molecule has 9 heteroatoms. The highest BCUT2D eigenvalue weighted by Gasteiger charge is 2.55. The second kappa shape index (κ2) is 4.82. The molecule has 21 heavy (non-hydrogen) atoms. The molecular weight excluding hydrogens is 298 g/mol. The fraction of sp³-hybridized carbons (Fsp3) is 0.417. The van der Waals surface area contributed by atoms with Crippen molar-refractivity contribution in [2.75, 3.05) is 12.3 Å². The van der Waals surface area contributed by atoms with Crippen LogP contribution in [-0.4, -0.2) is 53.4 Å². The molecule has 8 nitrogen and oxygen atoms in total. The minimum atomic E-state index is -1.55. The quantitative estimate of drug-likeness (QED) is 0.494. The Morgan fingerprint density at radius 2 is 2.33 bits per heavy atom. The number of nitrogen functional groups attached to an aromatic ring is 1. The minimum Gasteiger partial charge on any atom is -0.394 e. The van der Waals surface area contributed by atoms with Gasteiger partial charge in [-0.25, -0.2) is 9.97 Å². The molecule has 0 spiro atoms. The molecule has 0 aliphatic carbocycles. The van der Waals surface area contributed by atoms with Crippen LogP contribution in [0.15, 0.2) is 12.5 Å². The predicted octanol–water partition coefficient (Wildman–Crippen LogP) is -0.730. The summed E-state index contributed by atoms with van der Waals surface area (Å²) in [6, 6.07) is 0. The number of alkyl halides is 1. The third-order valence-electron chi connectivity index (χ3n) is 3.43. The first-order chi connectivity index (χ1) is 10.0. The SMILES string of the molecule is C#CC1(Cl)[C@@H](O)[C@@H](CO)O[C@H]1n1cnc2cnc(N)nc21. The highest BCUT2D eigenvalue weighted by molar-refractivity contribution is 6.27. The fourth-order valence-electron chi connectivity index (χ4n) is 2.33. The number of aliphatic hydroxyl groups excluding tert-OH is 2. The first-order valence-corrected chi connectivity index (χ1v) is 6.45. The number of halogens is 1. The number of hydrogen-bond donors (Lipinski definition) is 3. The molecule has 0 saturated carbocycles. The average Bonchev–Trinajstić information content (AvgIpc) is 2.99. The maximum atomic E-state index is 10.2. The van der Waals surface area contributed by atoms with E-state index in [1.807, 2.05) is 0 Å². The molecule has 1 aliphatic rings. The molecule has 0 bridgehead atoms. The van der Waals surface area contributed by atoms with E-state index in [0.717, 1.165) is 0 Å². The van der Waals surface area contributed by atoms with E-state index in [2.05, 4.69) is 20.9 Å². The Balaban J connectivity index is 2.13. The van der Waals surface area contributed by atoms with Crippen LogP contribution >= 0.6 is 11.6 Å². The van der Waals surface area contributed by atoms with E-state index in [4.69, 9.17) is 28.5 Å². The number of fused-ring (bicyclic) bond motifs is 1. The Morgan fingerprint density at radius 1 is 1.57 bits per heavy atom. The van der Waals surface area contributed by atoms with Crippen LogP contribution in [0.3, 0.4) is 0 Å². The van der Waals surface area contributed by atoms with Gasteiger partial charge in [-0.15, -0.1) is 6.42 Å². The zero-order valence-corrected chi connectivity index (χ0v) is 11.5. The van der Waals surface area contributed by atoms with Gasteiger partial charge in [-0.05, 0) is 0 Å². The van der Waals surface area contributed by atoms with Gasteiger partial charge in [0, 0.05) is 0 Å². The third-order valence-corrected chi connectivity index (χ3v) is 3.95. The summed E-state index contributed by atoms with van der Waals surface area (Å²) < 4.78 is 7.04. The summed E-state index contributed by atoms with van der Waals surface area (Å²) in [4.78, 5) is 10.5. The second-order valence-electron chi connectivity index (χ2n) is 4.66. The van der Waals surface area contributed by atoms with E-state index in [1.54, 1.807) is 0 Å². The third kappa shape index (κ3) is 1.94. The molecule has 3 rings (SSSR count). The summed E-state index contributed by atoms with van der Waals surface area (Å²) in [6.07, 6.45) is 5.23. The summed E-state index contributed by atoms with van der Waals surface area (Å²) in [5, 5.41) is 19.4. The summed E-state index contributed by atoms with van der Waals surface area (Å²) >= 11 is 6.33. The Morgan fingerprint density at radius 3 is 3.00 bits per heavy atom. The zero-order valence-electron chi connectivity index (χ0n) is 10.7. The van der Waals surface area contributed by atoms with Crippen LogP contribution in [0, 0.1) is 12.3 Å². The molecule has 1 fully saturated rings. The maximum Gasteiger partial charge on any atom is 0.222 e. The highest BCUT2D eigenvalue weighted by atomic mass is 35.5. The summed E-state index contributed by atoms with van der Waals surface area (Å²) in [5.74, 6) is 2.39. The lowest BCUT2D eigenvalue weighted by Gasteiger charge is -2.25. The molecule has 2 aromatic rings. The molecule has 1 aliphatic heterocycles. The standard InChI is InChI=1S/C12H12ClN5O3/c1-2-12(13)8(20)7(4-19)21-10(12)18-5-16-6-3-15-11(14)17-9(6)18/h1,3,5,7-8,10,19-20H,4H2,(H2,14,15,17)/t7-,8+,10-,12?/m1/s1. The lowest BCUT2D eigenvalue weighted by atomic mass is 9.99. The summed E-state index contributed by atoms with van der Waals surface area (Å²) in [6.45, 7) is -0.419. The first kappa shape index (κ1) is 14.0. The number of ether oxygens (including phenoxy) is 1. The van der Waals surface area contributed by atoms with Gasteiger partial charge >= 0.3 is 0 Å². The van der Waals surface area contributed by atoms with Crippen molar-refractivity contribution in [2.24, 2.45) is 0 Å². The molecule has 0 aromatic carbocycles. The van der Waals surface area contributed by atoms with Gasteiger partial charge in [0.2, 0.25) is 5.95 Å². The van der Waals surface area contributed by atoms with Gasteiger partial charge in [0.05, 0.1) is 19.1 Å². The molecule has 2 aromatic heterocycles. The molecule has 110 valence electrons. The number of aromatic nitrogens is 4. The molecule has 0 amide bonds. The van der Waals surface area contributed by atoms with Crippen molar-refractivity contribution in [3.63, 3.8) is 0 Å². The van der Waals surface area contributed by atoms with Gasteiger partial charge < -0.3 is 20.7 Å². The van der Waals surface area contributed by atoms with Gasteiger partial charge in [0.25, 0.3) is 0 Å². The van der Waals surface area contributed by atoms with Crippen molar-refractivity contribution < 1.29 is 14.9 Å². The van der Waals surface area contributed by atoms with Gasteiger partial charge in [-0.1, -0.05) is 17.5 Å². The van der Waals surface area contributed by atoms with E-state index in [0.29, 0.717) is 11.2 Å². The van der Waals surface area contributed by atoms with E-state index in [-0.39, 0.29) is 5.95 Å². The molecule has 0 radical (unpaired) electrons. The predicted molar refractivity (Wildman–Crippen MR) is 74.2 cm³/mol. The summed E-state index contributed by atoms with van der Waals surface area (Å²) in [7, 11) is 0. The monoisotopic (exact) mass is 309 g/mol. The smallest absolute Gasteiger partial charge is 0.222 e. The zero-order chi connectivity index (χ0) is 15.2. The largest absolute Gasteiger partial charge is 0.394 e. The van der Waals surface area contributed by atoms with Crippen LogP contribution < -0.4 is 5.73 Å². The number of hydrogen-bond acceptors (Lipinski definition) is 7. The van der Waals surface area contributed by atoms with E-state index >= 15 is 0 Å². The molecule has 4 N–H and O–H groups in total. The van der Waals surface area contributed by atoms with Crippen molar-refractivity contribution in [3.8, 4) is 12.3 Å². The Kier molecular flexibility index (Phi) is 3.22. The van der Waals surface area contributed by atoms with Crippen LogP contribution in [0.25, 0.3) is 11.2 Å². The minimum absolute atomic E-state index is 0.0578. The lowest BCUT2D eigenvalue weighted by molar-refractivity contribution is -0.0436. The molecular formula is C12H12ClN5O3. The van der Waals surface area contributed by atoms with E-state index in [1.165, 1.54) is 17.1 Å². The second-order valence-corrected chi connectivity index (χ2v) is 5.28. The topological polar surface area (TPSA) is 119 Å². The number of anilines is 1. The number of aliphatic hydroxyl groups is 2. The van der Waals surface area contributed by atoms with Gasteiger partial charge in [0.15, 0.2) is 16.7 Å². The van der Waals surface area contributed by atoms with Crippen molar-refractivity contribution in [2.45, 2.75) is 23.3 Å². The van der Waals surface area contributed by atoms with Gasteiger partial charge in [-0.2, -0.15) is 4.98 Å². The van der Waals surface area contributed by atoms with E-state index < -0.39 is 29.9 Å². The van der Waals surface area contributed by atoms with Crippen LogP contribution in [0.4, 0.5) is 5.95 Å². The van der Waals surface area contributed by atoms with Crippen molar-refractivity contribution in [3.05, 3.63) is 12.5 Å². The molecule has 1 saturated heterocycles. The summed E-state index contributed by atoms with van der Waals surface area (Å²) in [5.41, 5.74) is 6.42. The highest BCUT2D eigenvalue weighted by Crippen LogP contribution is 2.43. The van der Waals surface area contributed by atoms with Gasteiger partial charge in [-0.3, -0.25) is 4.57 Å². The Labute approximate surface area is 124 Å². The van der Waals surface area contributed by atoms with Crippen molar-refractivity contribution >= 4 is 28.7 Å². The molecule has 4 atom stereocenters. The number of imidazole rings is 1. The van der Waals surface area contributed by atoms with Crippen molar-refractivity contribution in [1.82, 2.24) is 19.5 Å². The Hall–Kier alpha value is -1.92. The number of nitrogens with two attached hydrogens (primary N) is 1. The number of nitrogens with zero attached hydrogens (tertiary/aromatic N) is 4. The molecule has 3 heterocycles. The van der Waals surface area contributed by atoms with E-state index in [9.17, 15) is 10.2 Å².